The summed E-state index contributed by atoms with van der Waals surface area (Å²) in [5.74, 6) is 0. The smallest absolute Gasteiger partial charge is 0.280 e. The summed E-state index contributed by atoms with van der Waals surface area (Å²) in [6, 6.07) is 1.89. The lowest BCUT2D eigenvalue weighted by Gasteiger charge is -2.28. The molecule has 0 saturated carbocycles. The average Bonchev–Trinajstić information content (AvgIpc) is 2.18. The fourth-order valence-electron chi connectivity index (χ4n) is 1.20. The quantitative estimate of drug-likeness (QED) is 0.709. The molecule has 0 atom stereocenters. The Hall–Kier alpha value is -0.680. The van der Waals surface area contributed by atoms with Gasteiger partial charge in [-0.1, -0.05) is 0 Å². The molecular weight excluding hydrogens is 218 g/mol. The van der Waals surface area contributed by atoms with E-state index in [1.165, 1.54) is 18.2 Å². The third kappa shape index (κ3) is 3.43. The number of nitrogens with one attached hydrogen (secondary N) is 1. The number of hydrogen-bond acceptors (Lipinski definition) is 4. The van der Waals surface area contributed by atoms with Crippen LogP contribution in [0.3, 0.4) is 0 Å². The maximum absolute atomic E-state index is 11.8. The zero-order valence-electron chi connectivity index (χ0n) is 8.86. The maximum Gasteiger partial charge on any atom is 0.280 e. The highest BCUT2D eigenvalue weighted by molar-refractivity contribution is 7.87. The second-order valence-electron chi connectivity index (χ2n) is 3.86. The lowest BCUT2D eigenvalue weighted by molar-refractivity contribution is 0.0722. The molecule has 1 saturated heterocycles. The van der Waals surface area contributed by atoms with Crippen LogP contribution in [0.25, 0.3) is 0 Å². The van der Waals surface area contributed by atoms with Crippen LogP contribution in [-0.2, 0) is 14.9 Å². The number of rotatable bonds is 3. The topological polar surface area (TPSA) is 82.4 Å². The predicted molar refractivity (Wildman–Crippen MR) is 54.1 cm³/mol. The van der Waals surface area contributed by atoms with Gasteiger partial charge >= 0.3 is 0 Å². The number of hydrogen-bond donors (Lipinski definition) is 1. The van der Waals surface area contributed by atoms with Gasteiger partial charge in [-0.15, -0.1) is 0 Å². The highest BCUT2D eigenvalue weighted by Gasteiger charge is 2.30. The Balaban J connectivity index is 2.71. The lowest BCUT2D eigenvalue weighted by Crippen LogP contribution is -2.52. The minimum atomic E-state index is -3.57. The van der Waals surface area contributed by atoms with E-state index in [0.717, 1.165) is 0 Å². The molecule has 15 heavy (non-hydrogen) atoms. The van der Waals surface area contributed by atoms with E-state index in [4.69, 9.17) is 10.00 Å². The van der Waals surface area contributed by atoms with E-state index < -0.39 is 15.7 Å². The molecule has 0 unspecified atom stereocenters. The minimum absolute atomic E-state index is 0.330. The van der Waals surface area contributed by atoms with Gasteiger partial charge in [0.05, 0.1) is 19.3 Å². The van der Waals surface area contributed by atoms with Gasteiger partial charge in [0.25, 0.3) is 10.2 Å². The van der Waals surface area contributed by atoms with Crippen LogP contribution in [0.15, 0.2) is 0 Å². The standard InChI is InChI=1S/C8H15N3O3S/c1-8(2,7-9)10-15(12,13)11-3-5-14-6-4-11/h10H,3-6H2,1-2H3. The van der Waals surface area contributed by atoms with Gasteiger partial charge < -0.3 is 4.74 Å². The first-order valence-electron chi connectivity index (χ1n) is 4.65. The molecule has 1 rings (SSSR count). The van der Waals surface area contributed by atoms with Crippen molar-refractivity contribution in [2.45, 2.75) is 19.4 Å². The summed E-state index contributed by atoms with van der Waals surface area (Å²) in [6.45, 7) is 4.49. The number of ether oxygens (including phenoxy) is 1. The fourth-order valence-corrected chi connectivity index (χ4v) is 2.65. The van der Waals surface area contributed by atoms with E-state index in [1.807, 2.05) is 6.07 Å². The molecule has 0 amide bonds. The van der Waals surface area contributed by atoms with Gasteiger partial charge in [0.1, 0.15) is 5.54 Å². The van der Waals surface area contributed by atoms with Gasteiger partial charge in [0.15, 0.2) is 0 Å². The molecule has 1 heterocycles. The fraction of sp³-hybridized carbons (Fsp3) is 0.875. The SMILES string of the molecule is CC(C)(C#N)NS(=O)(=O)N1CCOCC1. The Bertz CT molecular complexity index is 352. The minimum Gasteiger partial charge on any atom is -0.379 e. The molecule has 0 spiro atoms. The van der Waals surface area contributed by atoms with Crippen LogP contribution >= 0.6 is 0 Å². The third-order valence-electron chi connectivity index (χ3n) is 1.97. The van der Waals surface area contributed by atoms with Crippen molar-refractivity contribution in [2.75, 3.05) is 26.3 Å². The van der Waals surface area contributed by atoms with E-state index in [0.29, 0.717) is 26.3 Å². The van der Waals surface area contributed by atoms with Crippen LogP contribution in [0.5, 0.6) is 0 Å². The van der Waals surface area contributed by atoms with Crippen molar-refractivity contribution in [1.82, 2.24) is 9.03 Å². The molecule has 6 nitrogen and oxygen atoms in total. The van der Waals surface area contributed by atoms with E-state index in [2.05, 4.69) is 4.72 Å². The van der Waals surface area contributed by atoms with E-state index in [-0.39, 0.29) is 0 Å². The number of nitriles is 1. The summed E-state index contributed by atoms with van der Waals surface area (Å²) < 4.78 is 32.2. The first-order chi connectivity index (χ1) is 6.87. The Kier molecular flexibility index (Phi) is 3.67. The van der Waals surface area contributed by atoms with Gasteiger partial charge in [0.2, 0.25) is 0 Å². The number of nitrogens with zero attached hydrogens (tertiary/aromatic N) is 2. The zero-order chi connectivity index (χ0) is 11.5. The van der Waals surface area contributed by atoms with E-state index >= 15 is 0 Å². The van der Waals surface area contributed by atoms with Crippen LogP contribution in [0, 0.1) is 11.3 Å². The highest BCUT2D eigenvalue weighted by Crippen LogP contribution is 2.08. The van der Waals surface area contributed by atoms with Gasteiger partial charge in [-0.3, -0.25) is 0 Å². The summed E-state index contributed by atoms with van der Waals surface area (Å²) in [4.78, 5) is 0. The van der Waals surface area contributed by atoms with Crippen molar-refractivity contribution in [3.05, 3.63) is 0 Å². The van der Waals surface area contributed by atoms with Gasteiger partial charge in [-0.2, -0.15) is 22.7 Å². The van der Waals surface area contributed by atoms with Crippen LogP contribution < -0.4 is 4.72 Å². The second-order valence-corrected chi connectivity index (χ2v) is 5.53. The molecule has 86 valence electrons. The van der Waals surface area contributed by atoms with Crippen LogP contribution in [-0.4, -0.2) is 44.6 Å². The highest BCUT2D eigenvalue weighted by atomic mass is 32.2. The van der Waals surface area contributed by atoms with Crippen molar-refractivity contribution in [2.24, 2.45) is 0 Å². The molecule has 1 N–H and O–H groups in total. The molecule has 0 aromatic rings. The Labute approximate surface area is 90.0 Å². The second kappa shape index (κ2) is 4.45. The molecule has 0 bridgehead atoms. The molecule has 0 aliphatic carbocycles. The maximum atomic E-state index is 11.8. The predicted octanol–water partition coefficient (Wildman–Crippen LogP) is -0.545. The first kappa shape index (κ1) is 12.4. The Morgan fingerprint density at radius 3 is 2.40 bits per heavy atom. The van der Waals surface area contributed by atoms with Crippen molar-refractivity contribution in [1.29, 1.82) is 5.26 Å². The first-order valence-corrected chi connectivity index (χ1v) is 6.09. The third-order valence-corrected chi connectivity index (χ3v) is 3.79. The summed E-state index contributed by atoms with van der Waals surface area (Å²) in [5, 5.41) is 8.74. The Morgan fingerprint density at radius 2 is 1.93 bits per heavy atom. The van der Waals surface area contributed by atoms with Crippen LogP contribution in [0.2, 0.25) is 0 Å². The number of morpholine rings is 1. The lowest BCUT2D eigenvalue weighted by atomic mass is 10.1. The van der Waals surface area contributed by atoms with Crippen molar-refractivity contribution in [3.8, 4) is 6.07 Å². The van der Waals surface area contributed by atoms with Gasteiger partial charge in [-0.25, -0.2) is 0 Å². The normalized spacial score (nSPS) is 19.8. The molecule has 0 aromatic carbocycles. The van der Waals surface area contributed by atoms with Gasteiger partial charge in [0, 0.05) is 13.1 Å². The van der Waals surface area contributed by atoms with Crippen molar-refractivity contribution < 1.29 is 13.2 Å². The van der Waals surface area contributed by atoms with Crippen molar-refractivity contribution >= 4 is 10.2 Å². The zero-order valence-corrected chi connectivity index (χ0v) is 9.67. The summed E-state index contributed by atoms with van der Waals surface area (Å²) >= 11 is 0. The van der Waals surface area contributed by atoms with E-state index in [1.54, 1.807) is 0 Å². The monoisotopic (exact) mass is 233 g/mol. The molecule has 0 radical (unpaired) electrons. The van der Waals surface area contributed by atoms with E-state index in [9.17, 15) is 8.42 Å². The molecule has 1 aliphatic heterocycles. The molecule has 1 aliphatic rings. The average molecular weight is 233 g/mol. The van der Waals surface area contributed by atoms with Crippen LogP contribution in [0.1, 0.15) is 13.8 Å². The molecule has 1 fully saturated rings. The van der Waals surface area contributed by atoms with Crippen molar-refractivity contribution in [3.63, 3.8) is 0 Å². The summed E-state index contributed by atoms with van der Waals surface area (Å²) in [6.07, 6.45) is 0. The summed E-state index contributed by atoms with van der Waals surface area (Å²) in [7, 11) is -3.57. The molecule has 7 heteroatoms. The molecular formula is C8H15N3O3S. The summed E-state index contributed by atoms with van der Waals surface area (Å²) in [5.41, 5.74) is -1.09. The largest absolute Gasteiger partial charge is 0.379 e. The molecule has 0 aromatic heterocycles. The van der Waals surface area contributed by atoms with Crippen LogP contribution in [0.4, 0.5) is 0 Å². The van der Waals surface area contributed by atoms with Gasteiger partial charge in [-0.05, 0) is 13.8 Å². The Morgan fingerprint density at radius 1 is 1.40 bits per heavy atom.